The Balaban J connectivity index is 1.30. The molecule has 1 amide bonds. The van der Waals surface area contributed by atoms with Gasteiger partial charge in [-0.3, -0.25) is 9.78 Å². The van der Waals surface area contributed by atoms with Gasteiger partial charge in [0.1, 0.15) is 10.5 Å². The number of pyridine rings is 1. The number of carbonyl (C=O) groups excluding carboxylic acids is 1. The Hall–Kier alpha value is -3.11. The van der Waals surface area contributed by atoms with Crippen LogP contribution < -0.4 is 5.32 Å². The van der Waals surface area contributed by atoms with Crippen molar-refractivity contribution in [3.05, 3.63) is 52.1 Å². The lowest BCUT2D eigenvalue weighted by atomic mass is 9.98. The average Bonchev–Trinajstić information content (AvgIpc) is 3.48. The molecule has 4 aromatic heterocycles. The van der Waals surface area contributed by atoms with Gasteiger partial charge in [0, 0.05) is 43.0 Å². The van der Waals surface area contributed by atoms with Gasteiger partial charge in [-0.15, -0.1) is 11.3 Å². The number of carbonyl (C=O) groups is 1. The molecular weight excluding hydrogens is 453 g/mol. The van der Waals surface area contributed by atoms with E-state index in [0.29, 0.717) is 40.0 Å². The minimum absolute atomic E-state index is 0.000640. The quantitative estimate of drug-likeness (QED) is 0.451. The molecule has 164 valence electrons. The molecule has 32 heavy (non-hydrogen) atoms. The summed E-state index contributed by atoms with van der Waals surface area (Å²) >= 11 is 7.41. The van der Waals surface area contributed by atoms with E-state index in [9.17, 15) is 9.18 Å². The molecule has 5 rings (SSSR count). The van der Waals surface area contributed by atoms with Gasteiger partial charge in [0.05, 0.1) is 22.9 Å². The number of aromatic amines is 1. The third-order valence-electron chi connectivity index (χ3n) is 5.49. The number of anilines is 1. The molecule has 0 spiro atoms. The fourth-order valence-corrected chi connectivity index (χ4v) is 4.66. The highest BCUT2D eigenvalue weighted by Crippen LogP contribution is 2.28. The van der Waals surface area contributed by atoms with E-state index in [-0.39, 0.29) is 17.6 Å². The Kier molecular flexibility index (Phi) is 5.71. The molecule has 0 bridgehead atoms. The average molecular weight is 472 g/mol. The van der Waals surface area contributed by atoms with Gasteiger partial charge >= 0.3 is 0 Å². The van der Waals surface area contributed by atoms with Crippen LogP contribution in [0.1, 0.15) is 22.5 Å². The summed E-state index contributed by atoms with van der Waals surface area (Å²) in [6.45, 7) is 1.83. The number of likely N-dealkylation sites (tertiary alicyclic amines) is 1. The van der Waals surface area contributed by atoms with E-state index in [2.05, 4.69) is 30.2 Å². The van der Waals surface area contributed by atoms with Crippen LogP contribution in [0.3, 0.4) is 0 Å². The normalized spacial score (nSPS) is 16.4. The molecule has 0 aliphatic carbocycles. The van der Waals surface area contributed by atoms with Crippen LogP contribution in [0.4, 0.5) is 10.2 Å². The summed E-state index contributed by atoms with van der Waals surface area (Å²) in [4.78, 5) is 34.9. The van der Waals surface area contributed by atoms with Crippen molar-refractivity contribution in [2.24, 2.45) is 5.92 Å². The topological polar surface area (TPSA) is 99.7 Å². The van der Waals surface area contributed by atoms with Gasteiger partial charge in [-0.1, -0.05) is 11.6 Å². The van der Waals surface area contributed by atoms with Crippen molar-refractivity contribution < 1.29 is 9.18 Å². The predicted octanol–water partition coefficient (Wildman–Crippen LogP) is 4.23. The smallest absolute Gasteiger partial charge is 0.265 e. The highest BCUT2D eigenvalue weighted by molar-refractivity contribution is 7.11. The minimum atomic E-state index is -0.529. The van der Waals surface area contributed by atoms with E-state index in [1.54, 1.807) is 30.2 Å². The molecule has 8 nitrogen and oxygen atoms in total. The van der Waals surface area contributed by atoms with E-state index in [1.807, 2.05) is 4.90 Å². The summed E-state index contributed by atoms with van der Waals surface area (Å²) < 4.78 is 14.4. The number of hydrogen-bond donors (Lipinski definition) is 2. The lowest BCUT2D eigenvalue weighted by Crippen LogP contribution is -2.41. The largest absolute Gasteiger partial charge is 0.367 e. The Morgan fingerprint density at radius 3 is 3.09 bits per heavy atom. The number of H-pyrrole nitrogens is 1. The number of hydrogen-bond acceptors (Lipinski definition) is 7. The highest BCUT2D eigenvalue weighted by atomic mass is 35.5. The van der Waals surface area contributed by atoms with Crippen LogP contribution in [0.5, 0.6) is 0 Å². The first kappa shape index (κ1) is 20.8. The maximum atomic E-state index is 14.4. The number of aromatic nitrogens is 5. The molecule has 11 heteroatoms. The number of rotatable bonds is 5. The van der Waals surface area contributed by atoms with Crippen LogP contribution in [-0.2, 0) is 0 Å². The maximum Gasteiger partial charge on any atom is 0.265 e. The second-order valence-electron chi connectivity index (χ2n) is 7.65. The Labute approximate surface area is 191 Å². The van der Waals surface area contributed by atoms with Crippen molar-refractivity contribution in [3.63, 3.8) is 0 Å². The van der Waals surface area contributed by atoms with Crippen molar-refractivity contribution in [3.8, 4) is 11.4 Å². The minimum Gasteiger partial charge on any atom is -0.367 e. The molecule has 1 saturated heterocycles. The number of nitrogens with zero attached hydrogens (tertiary/aromatic N) is 5. The summed E-state index contributed by atoms with van der Waals surface area (Å²) in [7, 11) is 0. The molecule has 0 saturated carbocycles. The van der Waals surface area contributed by atoms with Gasteiger partial charge in [0.2, 0.25) is 0 Å². The summed E-state index contributed by atoms with van der Waals surface area (Å²) in [5.74, 6) is 0.159. The molecule has 1 fully saturated rings. The van der Waals surface area contributed by atoms with Crippen LogP contribution in [0.2, 0.25) is 5.02 Å². The Morgan fingerprint density at radius 1 is 1.34 bits per heavy atom. The fraction of sp³-hybridized carbons (Fsp3) is 0.286. The van der Waals surface area contributed by atoms with E-state index in [4.69, 9.17) is 11.6 Å². The first-order chi connectivity index (χ1) is 15.6. The summed E-state index contributed by atoms with van der Waals surface area (Å²) in [6, 6.07) is 1.77. The van der Waals surface area contributed by atoms with Crippen molar-refractivity contribution in [2.45, 2.75) is 12.8 Å². The third kappa shape index (κ3) is 4.15. The van der Waals surface area contributed by atoms with Crippen molar-refractivity contribution in [2.75, 3.05) is 25.0 Å². The molecule has 5 heterocycles. The number of amides is 1. The van der Waals surface area contributed by atoms with Crippen LogP contribution >= 0.6 is 22.9 Å². The molecule has 1 atom stereocenters. The molecule has 1 unspecified atom stereocenters. The van der Waals surface area contributed by atoms with Gasteiger partial charge < -0.3 is 15.2 Å². The fourth-order valence-electron chi connectivity index (χ4n) is 3.92. The third-order valence-corrected chi connectivity index (χ3v) is 6.46. The van der Waals surface area contributed by atoms with E-state index < -0.39 is 5.82 Å². The second kappa shape index (κ2) is 8.79. The number of piperidine rings is 1. The standard InChI is InChI=1S/C21H19ClFN7OS/c22-13-4-14-15(7-27-18(14)26-6-13)19-28-8-16(23)20(29-19)25-5-12-2-1-3-30(10-12)21(31)17-9-24-11-32-17/h4,6-9,11-12H,1-3,5,10H2,(H,26,27)(H,25,28,29). The van der Waals surface area contributed by atoms with Gasteiger partial charge in [0.15, 0.2) is 17.5 Å². The highest BCUT2D eigenvalue weighted by Gasteiger charge is 2.25. The lowest BCUT2D eigenvalue weighted by molar-refractivity contribution is 0.0685. The zero-order valence-corrected chi connectivity index (χ0v) is 18.5. The van der Waals surface area contributed by atoms with Gasteiger partial charge in [-0.25, -0.2) is 19.3 Å². The lowest BCUT2D eigenvalue weighted by Gasteiger charge is -2.32. The number of nitrogens with one attached hydrogen (secondary N) is 2. The first-order valence-electron chi connectivity index (χ1n) is 10.2. The van der Waals surface area contributed by atoms with E-state index >= 15 is 0 Å². The molecule has 0 radical (unpaired) electrons. The van der Waals surface area contributed by atoms with Crippen LogP contribution in [-0.4, -0.2) is 55.4 Å². The summed E-state index contributed by atoms with van der Waals surface area (Å²) in [5.41, 5.74) is 3.00. The van der Waals surface area contributed by atoms with E-state index in [1.165, 1.54) is 11.3 Å². The molecule has 0 aromatic carbocycles. The van der Waals surface area contributed by atoms with Gasteiger partial charge in [-0.05, 0) is 24.8 Å². The number of fused-ring (bicyclic) bond motifs is 1. The van der Waals surface area contributed by atoms with E-state index in [0.717, 1.165) is 31.0 Å². The number of thiazole rings is 1. The SMILES string of the molecule is O=C(c1cncs1)N1CCCC(CNc2nc(-c3c[nH]c4ncc(Cl)cc34)ncc2F)C1. The van der Waals surface area contributed by atoms with Crippen LogP contribution in [0.15, 0.2) is 36.4 Å². The molecule has 1 aliphatic heterocycles. The van der Waals surface area contributed by atoms with Gasteiger partial charge in [0.25, 0.3) is 5.91 Å². The molecular formula is C21H19ClFN7OS. The maximum absolute atomic E-state index is 14.4. The van der Waals surface area contributed by atoms with Crippen LogP contribution in [0, 0.1) is 11.7 Å². The second-order valence-corrected chi connectivity index (χ2v) is 8.97. The van der Waals surface area contributed by atoms with Crippen molar-refractivity contribution in [1.29, 1.82) is 0 Å². The Morgan fingerprint density at radius 2 is 2.25 bits per heavy atom. The first-order valence-corrected chi connectivity index (χ1v) is 11.4. The summed E-state index contributed by atoms with van der Waals surface area (Å²) in [6.07, 6.45) is 7.89. The zero-order chi connectivity index (χ0) is 22.1. The molecule has 4 aromatic rings. The molecule has 1 aliphatic rings. The zero-order valence-electron chi connectivity index (χ0n) is 16.9. The van der Waals surface area contributed by atoms with Gasteiger partial charge in [-0.2, -0.15) is 0 Å². The number of halogens is 2. The molecule has 2 N–H and O–H groups in total. The van der Waals surface area contributed by atoms with Crippen molar-refractivity contribution in [1.82, 2.24) is 29.8 Å². The summed E-state index contributed by atoms with van der Waals surface area (Å²) in [5, 5.41) is 4.37. The Bertz CT molecular complexity index is 1260. The van der Waals surface area contributed by atoms with Crippen LogP contribution in [0.25, 0.3) is 22.4 Å². The predicted molar refractivity (Wildman–Crippen MR) is 121 cm³/mol. The van der Waals surface area contributed by atoms with Crippen molar-refractivity contribution >= 4 is 45.7 Å². The monoisotopic (exact) mass is 471 g/mol.